The zero-order chi connectivity index (χ0) is 23.5. The van der Waals surface area contributed by atoms with E-state index in [9.17, 15) is 19.7 Å². The van der Waals surface area contributed by atoms with Crippen molar-refractivity contribution in [3.05, 3.63) is 63.7 Å². The molecule has 1 N–H and O–H groups in total. The van der Waals surface area contributed by atoms with Gasteiger partial charge in [-0.2, -0.15) is 0 Å². The highest BCUT2D eigenvalue weighted by Crippen LogP contribution is 2.35. The van der Waals surface area contributed by atoms with E-state index in [0.29, 0.717) is 31.6 Å². The summed E-state index contributed by atoms with van der Waals surface area (Å²) in [5.41, 5.74) is 2.51. The van der Waals surface area contributed by atoms with Gasteiger partial charge < -0.3 is 15.0 Å². The minimum atomic E-state index is -0.445. The summed E-state index contributed by atoms with van der Waals surface area (Å²) in [6.45, 7) is 5.23. The number of nitrogens with one attached hydrogen (secondary N) is 1. The van der Waals surface area contributed by atoms with Gasteiger partial charge in [-0.25, -0.2) is 4.79 Å². The van der Waals surface area contributed by atoms with E-state index in [4.69, 9.17) is 4.74 Å². The van der Waals surface area contributed by atoms with E-state index in [2.05, 4.69) is 5.32 Å². The minimum absolute atomic E-state index is 0.0122. The molecule has 9 heteroatoms. The van der Waals surface area contributed by atoms with Crippen LogP contribution in [0.15, 0.2) is 42.5 Å². The molecule has 9 nitrogen and oxygen atoms in total. The number of nitrogens with zero attached hydrogens (tertiary/aromatic N) is 3. The number of fused-ring (bicyclic) bond motifs is 1. The maximum absolute atomic E-state index is 12.5. The smallest absolute Gasteiger partial charge is 0.414 e. The number of nitro benzene ring substituents is 1. The molecule has 2 heterocycles. The van der Waals surface area contributed by atoms with Crippen LogP contribution >= 0.6 is 0 Å². The average molecular weight is 453 g/mol. The van der Waals surface area contributed by atoms with Gasteiger partial charge in [-0.3, -0.25) is 19.8 Å². The lowest BCUT2D eigenvalue weighted by Gasteiger charge is -2.40. The minimum Gasteiger partial charge on any atom is -0.444 e. The SMILES string of the molecule is CCC(C)NC(=O)c1ccc(N2CCC(N3C(=O)OCc4ccccc43)CC2)c([N+](=O)[O-])c1. The van der Waals surface area contributed by atoms with Gasteiger partial charge in [-0.1, -0.05) is 25.1 Å². The lowest BCUT2D eigenvalue weighted by Crippen LogP contribution is -2.49. The molecule has 0 spiro atoms. The number of hydrogen-bond acceptors (Lipinski definition) is 6. The quantitative estimate of drug-likeness (QED) is 0.519. The fourth-order valence-electron chi connectivity index (χ4n) is 4.37. The Kier molecular flexibility index (Phi) is 6.48. The Morgan fingerprint density at radius 1 is 1.21 bits per heavy atom. The third kappa shape index (κ3) is 4.62. The standard InChI is InChI=1S/C24H28N4O5/c1-3-16(2)25-23(29)17-8-9-21(22(14-17)28(31)32)26-12-10-19(11-13-26)27-20-7-5-4-6-18(20)15-33-24(27)30/h4-9,14,16,19H,3,10-13,15H2,1-2H3,(H,25,29). The van der Waals surface area contributed by atoms with E-state index < -0.39 is 4.92 Å². The van der Waals surface area contributed by atoms with Gasteiger partial charge in [0, 0.05) is 42.4 Å². The molecule has 1 atom stereocenters. The number of rotatable bonds is 6. The second-order valence-electron chi connectivity index (χ2n) is 8.51. The molecule has 4 rings (SSSR count). The van der Waals surface area contributed by atoms with Crippen LogP contribution in [0.3, 0.4) is 0 Å². The fourth-order valence-corrected chi connectivity index (χ4v) is 4.37. The molecule has 2 aliphatic heterocycles. The monoisotopic (exact) mass is 452 g/mol. The van der Waals surface area contributed by atoms with Crippen molar-refractivity contribution >= 4 is 29.1 Å². The van der Waals surface area contributed by atoms with Crippen LogP contribution in [0.4, 0.5) is 21.9 Å². The highest BCUT2D eigenvalue weighted by molar-refractivity contribution is 5.96. The van der Waals surface area contributed by atoms with Gasteiger partial charge in [-0.05, 0) is 44.4 Å². The number of amides is 2. The summed E-state index contributed by atoms with van der Waals surface area (Å²) < 4.78 is 5.35. The Bertz CT molecular complexity index is 1060. The molecular formula is C24H28N4O5. The maximum atomic E-state index is 12.5. The number of benzene rings is 2. The molecule has 33 heavy (non-hydrogen) atoms. The van der Waals surface area contributed by atoms with Crippen LogP contribution < -0.4 is 15.1 Å². The summed E-state index contributed by atoms with van der Waals surface area (Å²) in [4.78, 5) is 40.0. The first-order valence-corrected chi connectivity index (χ1v) is 11.3. The zero-order valence-corrected chi connectivity index (χ0v) is 18.8. The van der Waals surface area contributed by atoms with E-state index in [1.165, 1.54) is 6.07 Å². The predicted molar refractivity (Wildman–Crippen MR) is 125 cm³/mol. The number of cyclic esters (lactones) is 1. The van der Waals surface area contributed by atoms with E-state index in [0.717, 1.165) is 17.7 Å². The number of hydrogen-bond donors (Lipinski definition) is 1. The molecule has 2 amide bonds. The van der Waals surface area contributed by atoms with Crippen LogP contribution in [0.25, 0.3) is 0 Å². The van der Waals surface area contributed by atoms with Crippen LogP contribution in [-0.4, -0.2) is 42.1 Å². The first-order valence-electron chi connectivity index (χ1n) is 11.3. The Balaban J connectivity index is 1.50. The third-order valence-corrected chi connectivity index (χ3v) is 6.39. The molecule has 2 aromatic carbocycles. The summed E-state index contributed by atoms with van der Waals surface area (Å²) >= 11 is 0. The van der Waals surface area contributed by atoms with Crippen LogP contribution in [0.1, 0.15) is 49.0 Å². The molecule has 0 aliphatic carbocycles. The Hall–Kier alpha value is -3.62. The number of para-hydroxylation sites is 1. The molecule has 2 aliphatic rings. The van der Waals surface area contributed by atoms with Crippen LogP contribution in [0.5, 0.6) is 0 Å². The summed E-state index contributed by atoms with van der Waals surface area (Å²) in [6.07, 6.45) is 1.72. The summed E-state index contributed by atoms with van der Waals surface area (Å²) in [5, 5.41) is 14.6. The van der Waals surface area contributed by atoms with Crippen molar-refractivity contribution in [1.82, 2.24) is 5.32 Å². The molecular weight excluding hydrogens is 424 g/mol. The van der Waals surface area contributed by atoms with Crippen molar-refractivity contribution in [3.8, 4) is 0 Å². The Labute approximate surface area is 192 Å². The highest BCUT2D eigenvalue weighted by atomic mass is 16.6. The van der Waals surface area contributed by atoms with Gasteiger partial charge in [0.05, 0.1) is 10.6 Å². The summed E-state index contributed by atoms with van der Waals surface area (Å²) in [7, 11) is 0. The lowest BCUT2D eigenvalue weighted by molar-refractivity contribution is -0.384. The second kappa shape index (κ2) is 9.48. The first-order chi connectivity index (χ1) is 15.9. The Morgan fingerprint density at radius 3 is 2.64 bits per heavy atom. The number of anilines is 2. The topological polar surface area (TPSA) is 105 Å². The summed E-state index contributed by atoms with van der Waals surface area (Å²) in [5.74, 6) is -0.319. The van der Waals surface area contributed by atoms with Crippen LogP contribution in [0, 0.1) is 10.1 Å². The maximum Gasteiger partial charge on any atom is 0.414 e. The van der Waals surface area contributed by atoms with Crippen molar-refractivity contribution in [2.45, 2.75) is 51.8 Å². The average Bonchev–Trinajstić information content (AvgIpc) is 2.83. The van der Waals surface area contributed by atoms with Crippen molar-refractivity contribution in [3.63, 3.8) is 0 Å². The van der Waals surface area contributed by atoms with Crippen molar-refractivity contribution in [2.24, 2.45) is 0 Å². The van der Waals surface area contributed by atoms with Gasteiger partial charge in [0.2, 0.25) is 0 Å². The highest BCUT2D eigenvalue weighted by Gasteiger charge is 2.35. The van der Waals surface area contributed by atoms with Crippen LogP contribution in [-0.2, 0) is 11.3 Å². The number of carbonyl (C=O) groups excluding carboxylic acids is 2. The number of ether oxygens (including phenoxy) is 1. The molecule has 0 radical (unpaired) electrons. The van der Waals surface area contributed by atoms with Crippen LogP contribution in [0.2, 0.25) is 0 Å². The predicted octanol–water partition coefficient (Wildman–Crippen LogP) is 4.25. The molecule has 1 unspecified atom stereocenters. The first kappa shape index (κ1) is 22.6. The van der Waals surface area contributed by atoms with Gasteiger partial charge in [0.15, 0.2) is 0 Å². The number of piperidine rings is 1. The fraction of sp³-hybridized carbons (Fsp3) is 0.417. The van der Waals surface area contributed by atoms with E-state index in [1.54, 1.807) is 17.0 Å². The van der Waals surface area contributed by atoms with Gasteiger partial charge in [0.1, 0.15) is 12.3 Å². The van der Waals surface area contributed by atoms with Gasteiger partial charge >= 0.3 is 6.09 Å². The lowest BCUT2D eigenvalue weighted by atomic mass is 9.99. The second-order valence-corrected chi connectivity index (χ2v) is 8.51. The zero-order valence-electron chi connectivity index (χ0n) is 18.8. The van der Waals surface area contributed by atoms with Crippen molar-refractivity contribution < 1.29 is 19.2 Å². The van der Waals surface area contributed by atoms with Crippen molar-refractivity contribution in [1.29, 1.82) is 0 Å². The van der Waals surface area contributed by atoms with E-state index >= 15 is 0 Å². The summed E-state index contributed by atoms with van der Waals surface area (Å²) in [6, 6.07) is 12.3. The van der Waals surface area contributed by atoms with Gasteiger partial charge in [0.25, 0.3) is 11.6 Å². The molecule has 174 valence electrons. The molecule has 1 fully saturated rings. The molecule has 0 saturated carbocycles. The van der Waals surface area contributed by atoms with Crippen molar-refractivity contribution in [2.75, 3.05) is 22.9 Å². The van der Waals surface area contributed by atoms with E-state index in [1.807, 2.05) is 43.0 Å². The Morgan fingerprint density at radius 2 is 1.94 bits per heavy atom. The molecule has 0 aromatic heterocycles. The van der Waals surface area contributed by atoms with E-state index in [-0.39, 0.29) is 41.9 Å². The normalized spacial score (nSPS) is 17.2. The largest absolute Gasteiger partial charge is 0.444 e. The third-order valence-electron chi connectivity index (χ3n) is 6.39. The molecule has 0 bridgehead atoms. The van der Waals surface area contributed by atoms with Gasteiger partial charge in [-0.15, -0.1) is 0 Å². The molecule has 2 aromatic rings. The molecule has 1 saturated heterocycles. The number of carbonyl (C=O) groups is 2. The number of nitro groups is 1.